The Morgan fingerprint density at radius 3 is 2.67 bits per heavy atom. The average Bonchev–Trinajstić information content (AvgIpc) is 2.93. The molecule has 0 radical (unpaired) electrons. The van der Waals surface area contributed by atoms with Gasteiger partial charge in [-0.1, -0.05) is 29.8 Å². The fourth-order valence-electron chi connectivity index (χ4n) is 3.14. The molecule has 7 heteroatoms. The van der Waals surface area contributed by atoms with Crippen molar-refractivity contribution in [3.8, 4) is 0 Å². The van der Waals surface area contributed by atoms with E-state index in [2.05, 4.69) is 15.7 Å². The Kier molecular flexibility index (Phi) is 3.72. The van der Waals surface area contributed by atoms with Gasteiger partial charge in [0.15, 0.2) is 0 Å². The van der Waals surface area contributed by atoms with E-state index in [1.807, 2.05) is 30.3 Å². The summed E-state index contributed by atoms with van der Waals surface area (Å²) < 4.78 is 0. The Hall–Kier alpha value is -2.41. The Morgan fingerprint density at radius 2 is 1.96 bits per heavy atom. The fraction of sp³-hybridized carbons (Fsp3) is 0.176. The Balaban J connectivity index is 1.68. The van der Waals surface area contributed by atoms with Crippen molar-refractivity contribution in [2.45, 2.75) is 18.2 Å². The van der Waals surface area contributed by atoms with Crippen molar-refractivity contribution in [1.82, 2.24) is 20.7 Å². The van der Waals surface area contributed by atoms with E-state index < -0.39 is 6.17 Å². The maximum Gasteiger partial charge on any atom is 0.264 e. The van der Waals surface area contributed by atoms with Crippen LogP contribution in [-0.4, -0.2) is 28.2 Å². The molecule has 1 fully saturated rings. The number of nitrogens with one attached hydrogen (secondary N) is 2. The number of rotatable bonds is 2. The van der Waals surface area contributed by atoms with Crippen molar-refractivity contribution in [1.29, 1.82) is 0 Å². The van der Waals surface area contributed by atoms with Crippen LogP contribution in [0, 0.1) is 0 Å². The van der Waals surface area contributed by atoms with Gasteiger partial charge in [0.25, 0.3) is 5.91 Å². The molecule has 6 nitrogen and oxygen atoms in total. The van der Waals surface area contributed by atoms with Crippen molar-refractivity contribution in [2.75, 3.05) is 0 Å². The second-order valence-corrected chi connectivity index (χ2v) is 6.23. The van der Waals surface area contributed by atoms with Crippen LogP contribution in [0.25, 0.3) is 5.70 Å². The zero-order valence-corrected chi connectivity index (χ0v) is 13.4. The molecule has 3 atom stereocenters. The summed E-state index contributed by atoms with van der Waals surface area (Å²) in [5.41, 5.74) is 11.7. The maximum atomic E-state index is 12.5. The van der Waals surface area contributed by atoms with E-state index in [9.17, 15) is 4.79 Å². The number of hydrogen-bond donors (Lipinski definition) is 3. The highest BCUT2D eigenvalue weighted by molar-refractivity contribution is 6.30. The third-order valence-electron chi connectivity index (χ3n) is 4.29. The summed E-state index contributed by atoms with van der Waals surface area (Å²) in [6.07, 6.45) is 2.57. The van der Waals surface area contributed by atoms with Crippen molar-refractivity contribution < 1.29 is 4.79 Å². The number of carbonyl (C=O) groups is 1. The molecule has 1 aromatic heterocycles. The zero-order chi connectivity index (χ0) is 16.7. The maximum absolute atomic E-state index is 12.5. The van der Waals surface area contributed by atoms with E-state index in [1.54, 1.807) is 24.4 Å². The van der Waals surface area contributed by atoms with Gasteiger partial charge in [-0.25, -0.2) is 10.4 Å². The van der Waals surface area contributed by atoms with Crippen molar-refractivity contribution in [3.05, 3.63) is 71.0 Å². The number of benzene rings is 1. The predicted molar refractivity (Wildman–Crippen MR) is 91.3 cm³/mol. The third kappa shape index (κ3) is 2.54. The lowest BCUT2D eigenvalue weighted by molar-refractivity contribution is -0.131. The van der Waals surface area contributed by atoms with E-state index >= 15 is 0 Å². The van der Waals surface area contributed by atoms with Gasteiger partial charge in [0.2, 0.25) is 0 Å². The molecule has 0 aliphatic carbocycles. The second kappa shape index (κ2) is 5.90. The predicted octanol–water partition coefficient (Wildman–Crippen LogP) is 1.42. The molecule has 3 unspecified atom stereocenters. The highest BCUT2D eigenvalue weighted by Gasteiger charge is 2.45. The number of nitrogens with zero attached hydrogens (tertiary/aromatic N) is 2. The van der Waals surface area contributed by atoms with Crippen molar-refractivity contribution >= 4 is 23.2 Å². The van der Waals surface area contributed by atoms with Gasteiger partial charge in [0.1, 0.15) is 6.17 Å². The molecule has 122 valence electrons. The number of carbonyl (C=O) groups excluding carboxylic acids is 1. The number of aromatic nitrogens is 1. The van der Waals surface area contributed by atoms with Crippen molar-refractivity contribution in [3.63, 3.8) is 0 Å². The monoisotopic (exact) mass is 341 g/mol. The van der Waals surface area contributed by atoms with Crippen LogP contribution in [0.4, 0.5) is 0 Å². The molecule has 3 heterocycles. The van der Waals surface area contributed by atoms with Crippen LogP contribution < -0.4 is 16.5 Å². The van der Waals surface area contributed by atoms with E-state index in [0.717, 1.165) is 17.0 Å². The van der Waals surface area contributed by atoms with Gasteiger partial charge in [-0.15, -0.1) is 0 Å². The Morgan fingerprint density at radius 1 is 1.17 bits per heavy atom. The van der Waals surface area contributed by atoms with Gasteiger partial charge < -0.3 is 11.1 Å². The Labute approximate surface area is 144 Å². The molecule has 1 saturated heterocycles. The molecule has 4 rings (SSSR count). The first-order chi connectivity index (χ1) is 11.6. The molecule has 2 aromatic rings. The summed E-state index contributed by atoms with van der Waals surface area (Å²) in [5.74, 6) is -0.302. The van der Waals surface area contributed by atoms with E-state index in [-0.39, 0.29) is 18.0 Å². The minimum atomic E-state index is -0.403. The summed E-state index contributed by atoms with van der Waals surface area (Å²) in [7, 11) is 0. The zero-order valence-electron chi connectivity index (χ0n) is 12.7. The van der Waals surface area contributed by atoms with Gasteiger partial charge in [0.05, 0.1) is 17.8 Å². The molecule has 0 spiro atoms. The first-order valence-corrected chi connectivity index (χ1v) is 8.01. The van der Waals surface area contributed by atoms with Crippen LogP contribution in [0.5, 0.6) is 0 Å². The average molecular weight is 342 g/mol. The number of hydrazine groups is 1. The lowest BCUT2D eigenvalue weighted by Crippen LogP contribution is -2.52. The van der Waals surface area contributed by atoms with Gasteiger partial charge in [0, 0.05) is 23.0 Å². The lowest BCUT2D eigenvalue weighted by Gasteiger charge is -2.32. The van der Waals surface area contributed by atoms with Crippen molar-refractivity contribution in [2.24, 2.45) is 5.73 Å². The van der Waals surface area contributed by atoms with Crippen LogP contribution in [-0.2, 0) is 4.79 Å². The smallest absolute Gasteiger partial charge is 0.264 e. The first kappa shape index (κ1) is 15.1. The molecule has 2 aliphatic rings. The van der Waals surface area contributed by atoms with Crippen LogP contribution in [0.1, 0.15) is 17.2 Å². The van der Waals surface area contributed by atoms with E-state index in [1.165, 1.54) is 5.01 Å². The number of hydrogen-bond acceptors (Lipinski definition) is 5. The fourth-order valence-corrected chi connectivity index (χ4v) is 3.27. The van der Waals surface area contributed by atoms with Gasteiger partial charge in [-0.2, -0.15) is 0 Å². The van der Waals surface area contributed by atoms with Crippen LogP contribution >= 0.6 is 11.6 Å². The third-order valence-corrected chi connectivity index (χ3v) is 4.54. The number of pyridine rings is 1. The number of amides is 1. The second-order valence-electron chi connectivity index (χ2n) is 5.80. The number of fused-ring (bicyclic) bond motifs is 1. The molecule has 24 heavy (non-hydrogen) atoms. The topological polar surface area (TPSA) is 83.3 Å². The summed E-state index contributed by atoms with van der Waals surface area (Å²) in [6.45, 7) is 0. The van der Waals surface area contributed by atoms with E-state index in [4.69, 9.17) is 17.3 Å². The van der Waals surface area contributed by atoms with Crippen LogP contribution in [0.2, 0.25) is 5.02 Å². The minimum absolute atomic E-state index is 0.141. The van der Waals surface area contributed by atoms with E-state index in [0.29, 0.717) is 5.02 Å². The van der Waals surface area contributed by atoms with Gasteiger partial charge in [-0.05, 0) is 29.8 Å². The largest absolute Gasteiger partial charge is 0.363 e. The molecule has 1 amide bonds. The molecule has 0 saturated carbocycles. The SMILES string of the molecule is NC1NN2C(=O)C=C(c3ccc(Cl)cc3)NC2C1c1ccccn1. The highest BCUT2D eigenvalue weighted by atomic mass is 35.5. The molecule has 2 aliphatic heterocycles. The molecule has 1 aromatic carbocycles. The first-order valence-electron chi connectivity index (χ1n) is 7.63. The summed E-state index contributed by atoms with van der Waals surface area (Å²) in [6, 6.07) is 13.0. The normalized spacial score (nSPS) is 25.9. The molecule has 0 bridgehead atoms. The Bertz CT molecular complexity index is 792. The minimum Gasteiger partial charge on any atom is -0.363 e. The standard InChI is InChI=1S/C17H16ClN5O/c18-11-6-4-10(5-7-11)13-9-14(24)23-17(21-13)15(16(19)22-23)12-3-1-2-8-20-12/h1-9,15-17,21-22H,19H2. The molecule has 4 N–H and O–H groups in total. The van der Waals surface area contributed by atoms with Crippen LogP contribution in [0.3, 0.4) is 0 Å². The quantitative estimate of drug-likeness (QED) is 0.769. The summed E-state index contributed by atoms with van der Waals surface area (Å²) in [5, 5.41) is 5.58. The highest BCUT2D eigenvalue weighted by Crippen LogP contribution is 2.32. The van der Waals surface area contributed by atoms with Crippen LogP contribution in [0.15, 0.2) is 54.7 Å². The number of halogens is 1. The molecular weight excluding hydrogens is 326 g/mol. The molecular formula is C17H16ClN5O. The number of nitrogens with two attached hydrogens (primary N) is 1. The lowest BCUT2D eigenvalue weighted by atomic mass is 9.97. The van der Waals surface area contributed by atoms with Gasteiger partial charge >= 0.3 is 0 Å². The summed E-state index contributed by atoms with van der Waals surface area (Å²) >= 11 is 5.94. The van der Waals surface area contributed by atoms with Gasteiger partial charge in [-0.3, -0.25) is 9.78 Å². The summed E-state index contributed by atoms with van der Waals surface area (Å²) in [4.78, 5) is 16.9.